The quantitative estimate of drug-likeness (QED) is 0.211. The highest BCUT2D eigenvalue weighted by molar-refractivity contribution is 6.93. The number of rotatable bonds is 5. The van der Waals surface area contributed by atoms with Gasteiger partial charge in [0.05, 0.1) is 16.1 Å². The second kappa shape index (κ2) is 9.62. The highest BCUT2D eigenvalue weighted by Gasteiger charge is 2.36. The molecule has 6 rings (SSSR count). The van der Waals surface area contributed by atoms with Gasteiger partial charge in [-0.3, -0.25) is 0 Å². The first kappa shape index (κ1) is 25.8. The van der Waals surface area contributed by atoms with Crippen LogP contribution in [0.15, 0.2) is 103 Å². The van der Waals surface area contributed by atoms with Crippen LogP contribution in [0.1, 0.15) is 28.7 Å². The zero-order valence-electron chi connectivity index (χ0n) is 24.0. The third-order valence-electron chi connectivity index (χ3n) is 7.92. The van der Waals surface area contributed by atoms with Gasteiger partial charge in [-0.2, -0.15) is 0 Å². The molecule has 2 aliphatic carbocycles. The largest absolute Gasteiger partial charge is 0.0801 e. The normalized spacial score (nSPS) is 14.1. The number of hydrogen-bond acceptors (Lipinski definition) is 0. The molecule has 0 atom stereocenters. The van der Waals surface area contributed by atoms with E-state index < -0.39 is 16.1 Å². The van der Waals surface area contributed by atoms with E-state index in [0.29, 0.717) is 0 Å². The average molecular weight is 538 g/mol. The molecule has 0 saturated heterocycles. The average Bonchev–Trinajstić information content (AvgIpc) is 3.57. The van der Waals surface area contributed by atoms with E-state index in [4.69, 9.17) is 0 Å². The van der Waals surface area contributed by atoms with Crippen molar-refractivity contribution < 1.29 is 0 Å². The second-order valence-corrected chi connectivity index (χ2v) is 22.9. The zero-order valence-corrected chi connectivity index (χ0v) is 26.0. The Morgan fingerprint density at radius 3 is 1.74 bits per heavy atom. The molecule has 0 bridgehead atoms. The number of benzene rings is 4. The molecule has 0 spiro atoms. The predicted octanol–water partition coefficient (Wildman–Crippen LogP) is 7.05. The molecule has 193 valence electrons. The summed E-state index contributed by atoms with van der Waals surface area (Å²) in [6, 6.07) is 31.0. The van der Waals surface area contributed by atoms with Crippen molar-refractivity contribution in [2.24, 2.45) is 0 Å². The summed E-state index contributed by atoms with van der Waals surface area (Å²) in [6.07, 6.45) is 12.0. The van der Waals surface area contributed by atoms with Crippen molar-refractivity contribution in [3.8, 4) is 11.1 Å². The van der Waals surface area contributed by atoms with E-state index in [-0.39, 0.29) is 0 Å². The van der Waals surface area contributed by atoms with Gasteiger partial charge in [-0.1, -0.05) is 142 Å². The van der Waals surface area contributed by atoms with Gasteiger partial charge in [0.15, 0.2) is 0 Å². The molecule has 2 heteroatoms. The smallest absolute Gasteiger partial charge is 0.0792 e. The van der Waals surface area contributed by atoms with Crippen LogP contribution in [0.3, 0.4) is 0 Å². The molecule has 0 N–H and O–H groups in total. The van der Waals surface area contributed by atoms with Crippen LogP contribution < -0.4 is 20.8 Å². The predicted molar refractivity (Wildman–Crippen MR) is 176 cm³/mol. The molecule has 0 unspecified atom stereocenters. The molecule has 0 fully saturated rings. The van der Waals surface area contributed by atoms with Gasteiger partial charge in [-0.05, 0) is 77.8 Å². The van der Waals surface area contributed by atoms with Gasteiger partial charge in [-0.15, -0.1) is 0 Å². The lowest BCUT2D eigenvalue weighted by Crippen LogP contribution is -2.61. The van der Waals surface area contributed by atoms with Crippen LogP contribution in [-0.4, -0.2) is 16.1 Å². The lowest BCUT2D eigenvalue weighted by atomic mass is 9.90. The maximum atomic E-state index is 4.00. The minimum absolute atomic E-state index is 1.01. The van der Waals surface area contributed by atoms with Gasteiger partial charge in [0, 0.05) is 0 Å². The first-order chi connectivity index (χ1) is 18.7. The monoisotopic (exact) mass is 537 g/mol. The fourth-order valence-corrected chi connectivity index (χ4v) is 10.7. The molecule has 0 aliphatic heterocycles. The molecule has 0 heterocycles. The summed E-state index contributed by atoms with van der Waals surface area (Å²) in [5, 5.41) is 5.93. The lowest BCUT2D eigenvalue weighted by molar-refractivity contribution is 1.41. The van der Waals surface area contributed by atoms with Crippen LogP contribution in [0.25, 0.3) is 28.3 Å². The Kier molecular flexibility index (Phi) is 6.36. The first-order valence-corrected chi connectivity index (χ1v) is 21.1. The van der Waals surface area contributed by atoms with Crippen molar-refractivity contribution in [3.05, 3.63) is 136 Å². The minimum atomic E-state index is -1.88. The lowest BCUT2D eigenvalue weighted by Gasteiger charge is -2.33. The SMILES string of the molecule is C[Si](C)(C)c1c(C2=CC=CC2)c([Si](C)(C)C)c(=C(c2ccccc2)c2ccccc2)c2c1-c1ccccc1[C]=2. The van der Waals surface area contributed by atoms with E-state index in [2.05, 4.69) is 149 Å². The number of hydrogen-bond donors (Lipinski definition) is 0. The van der Waals surface area contributed by atoms with Gasteiger partial charge >= 0.3 is 0 Å². The molecule has 0 amide bonds. The zero-order chi connectivity index (χ0) is 27.4. The van der Waals surface area contributed by atoms with Gasteiger partial charge in [0.1, 0.15) is 0 Å². The van der Waals surface area contributed by atoms with E-state index in [1.54, 1.807) is 15.9 Å². The molecule has 2 aliphatic rings. The van der Waals surface area contributed by atoms with Crippen LogP contribution in [0.4, 0.5) is 0 Å². The first-order valence-electron chi connectivity index (χ1n) is 14.1. The molecule has 0 nitrogen and oxygen atoms in total. The van der Waals surface area contributed by atoms with Crippen LogP contribution in [0, 0.1) is 0 Å². The van der Waals surface area contributed by atoms with Gasteiger partial charge in [0.25, 0.3) is 0 Å². The Balaban J connectivity index is 1.99. The summed E-state index contributed by atoms with van der Waals surface area (Å²) in [5.74, 6) is 0. The molecule has 1 radical (unpaired) electrons. The Labute approximate surface area is 235 Å². The van der Waals surface area contributed by atoms with Crippen molar-refractivity contribution in [3.63, 3.8) is 0 Å². The third kappa shape index (κ3) is 4.46. The topological polar surface area (TPSA) is 0 Å². The molecular weight excluding hydrogens is 501 g/mol. The van der Waals surface area contributed by atoms with Gasteiger partial charge in [-0.25, -0.2) is 0 Å². The highest BCUT2D eigenvalue weighted by Crippen LogP contribution is 2.32. The molecule has 0 saturated carbocycles. The fraction of sp³-hybridized carbons (Fsp3) is 0.189. The van der Waals surface area contributed by atoms with Crippen LogP contribution >= 0.6 is 0 Å². The Hall–Kier alpha value is -3.47. The molecule has 4 aromatic carbocycles. The molecular formula is C37H37Si2. The van der Waals surface area contributed by atoms with Crippen molar-refractivity contribution >= 4 is 43.7 Å². The number of fused-ring (bicyclic) bond motifs is 3. The standard InChI is InChI=1S/C37H37Si2/c1-38(2,3)36-33(28-21-13-14-22-28)37(39(4,5)6)35(31-25-29-23-15-16-24-30(29)34(31)36)32(26-17-9-7-10-18-26)27-19-11-8-12-20-27/h7-21,23-24H,22H2,1-6H3. The third-order valence-corrected chi connectivity index (χ3v) is 11.9. The van der Waals surface area contributed by atoms with E-state index in [0.717, 1.165) is 6.42 Å². The van der Waals surface area contributed by atoms with E-state index in [9.17, 15) is 0 Å². The fourth-order valence-electron chi connectivity index (χ4n) is 6.46. The Morgan fingerprint density at radius 2 is 1.21 bits per heavy atom. The molecule has 4 aromatic rings. The summed E-state index contributed by atoms with van der Waals surface area (Å²) >= 11 is 0. The summed E-state index contributed by atoms with van der Waals surface area (Å²) in [5.41, 5.74) is 10.9. The van der Waals surface area contributed by atoms with Crippen LogP contribution in [0.2, 0.25) is 39.3 Å². The van der Waals surface area contributed by atoms with Crippen molar-refractivity contribution in [2.45, 2.75) is 45.7 Å². The molecule has 0 aromatic heterocycles. The maximum Gasteiger partial charge on any atom is 0.0792 e. The van der Waals surface area contributed by atoms with E-state index >= 15 is 0 Å². The van der Waals surface area contributed by atoms with Crippen molar-refractivity contribution in [2.75, 3.05) is 0 Å². The summed E-state index contributed by atoms with van der Waals surface area (Å²) in [7, 11) is -3.67. The maximum absolute atomic E-state index is 4.00. The summed E-state index contributed by atoms with van der Waals surface area (Å²) in [4.78, 5) is 0. The van der Waals surface area contributed by atoms with E-state index in [1.807, 2.05) is 0 Å². The Morgan fingerprint density at radius 1 is 0.641 bits per heavy atom. The van der Waals surface area contributed by atoms with Gasteiger partial charge in [0.2, 0.25) is 0 Å². The van der Waals surface area contributed by atoms with Crippen LogP contribution in [-0.2, 0) is 0 Å². The summed E-state index contributed by atoms with van der Waals surface area (Å²) < 4.78 is 0. The van der Waals surface area contributed by atoms with Crippen LogP contribution in [0.5, 0.6) is 0 Å². The minimum Gasteiger partial charge on any atom is -0.0801 e. The highest BCUT2D eigenvalue weighted by atomic mass is 28.3. The second-order valence-electron chi connectivity index (χ2n) is 12.9. The van der Waals surface area contributed by atoms with Crippen molar-refractivity contribution in [1.82, 2.24) is 0 Å². The molecule has 39 heavy (non-hydrogen) atoms. The van der Waals surface area contributed by atoms with Gasteiger partial charge < -0.3 is 0 Å². The van der Waals surface area contributed by atoms with E-state index in [1.165, 1.54) is 49.4 Å². The Bertz CT molecular complexity index is 1720. The summed E-state index contributed by atoms with van der Waals surface area (Å²) in [6.45, 7) is 15.2. The van der Waals surface area contributed by atoms with Crippen molar-refractivity contribution in [1.29, 1.82) is 0 Å². The number of allylic oxidation sites excluding steroid dienone is 4.